The van der Waals surface area contributed by atoms with Crippen LogP contribution >= 0.6 is 11.6 Å². The number of halogens is 1. The number of rotatable bonds is 2. The van der Waals surface area contributed by atoms with Crippen LogP contribution in [0.1, 0.15) is 17.2 Å². The topological polar surface area (TPSA) is 39.1 Å². The Hall–Kier alpha value is -2.02. The molecular formula is C17H16ClN3. The van der Waals surface area contributed by atoms with E-state index >= 15 is 0 Å². The van der Waals surface area contributed by atoms with Gasteiger partial charge in [-0.1, -0.05) is 41.9 Å². The third kappa shape index (κ3) is 2.87. The molecule has 0 bridgehead atoms. The molecule has 0 spiro atoms. The van der Waals surface area contributed by atoms with E-state index in [4.69, 9.17) is 16.9 Å². The van der Waals surface area contributed by atoms with Crippen molar-refractivity contribution in [3.8, 4) is 6.07 Å². The quantitative estimate of drug-likeness (QED) is 0.924. The van der Waals surface area contributed by atoms with Crippen molar-refractivity contribution in [2.75, 3.05) is 24.5 Å². The molecule has 1 aliphatic heterocycles. The van der Waals surface area contributed by atoms with Crippen LogP contribution in [0.3, 0.4) is 0 Å². The number of nitriles is 1. The molecule has 1 atom stereocenters. The van der Waals surface area contributed by atoms with Gasteiger partial charge in [0.25, 0.3) is 0 Å². The molecule has 0 aliphatic carbocycles. The van der Waals surface area contributed by atoms with Crippen molar-refractivity contribution in [3.05, 3.63) is 64.7 Å². The van der Waals surface area contributed by atoms with Crippen LogP contribution in [-0.4, -0.2) is 19.6 Å². The zero-order chi connectivity index (χ0) is 14.7. The smallest absolute Gasteiger partial charge is 0.0992 e. The van der Waals surface area contributed by atoms with E-state index in [1.807, 2.05) is 18.2 Å². The highest BCUT2D eigenvalue weighted by molar-refractivity contribution is 6.33. The summed E-state index contributed by atoms with van der Waals surface area (Å²) in [5.41, 5.74) is 2.85. The summed E-state index contributed by atoms with van der Waals surface area (Å²) in [6.45, 7) is 2.71. The van der Waals surface area contributed by atoms with Gasteiger partial charge in [0.2, 0.25) is 0 Å². The van der Waals surface area contributed by atoms with Gasteiger partial charge in [-0.25, -0.2) is 0 Å². The van der Waals surface area contributed by atoms with Crippen molar-refractivity contribution < 1.29 is 0 Å². The van der Waals surface area contributed by atoms with Crippen LogP contribution in [-0.2, 0) is 0 Å². The summed E-state index contributed by atoms with van der Waals surface area (Å²) in [6, 6.07) is 18.3. The van der Waals surface area contributed by atoms with Crippen molar-refractivity contribution >= 4 is 17.3 Å². The molecule has 3 nitrogen and oxygen atoms in total. The van der Waals surface area contributed by atoms with Gasteiger partial charge in [0, 0.05) is 19.6 Å². The molecule has 3 rings (SSSR count). The summed E-state index contributed by atoms with van der Waals surface area (Å²) < 4.78 is 0. The molecule has 0 aromatic heterocycles. The Morgan fingerprint density at radius 3 is 2.71 bits per heavy atom. The van der Waals surface area contributed by atoms with E-state index in [1.54, 1.807) is 6.07 Å². The highest BCUT2D eigenvalue weighted by Crippen LogP contribution is 2.34. The number of benzene rings is 2. The number of nitrogens with zero attached hydrogens (tertiary/aromatic N) is 2. The first kappa shape index (κ1) is 13.9. The Labute approximate surface area is 129 Å². The molecule has 106 valence electrons. The van der Waals surface area contributed by atoms with Crippen molar-refractivity contribution in [1.29, 1.82) is 5.26 Å². The highest BCUT2D eigenvalue weighted by Gasteiger charge is 2.25. The second kappa shape index (κ2) is 6.17. The lowest BCUT2D eigenvalue weighted by atomic mass is 10.0. The Kier molecular flexibility index (Phi) is 4.10. The lowest BCUT2D eigenvalue weighted by Gasteiger charge is -2.38. The standard InChI is InChI=1S/C17H16ClN3/c18-15-10-13(11-19)6-7-16(15)21-9-8-20-12-17(21)14-4-2-1-3-5-14/h1-7,10,17,20H,8-9,12H2/t17-/m0/s1. The molecule has 1 saturated heterocycles. The Bertz CT molecular complexity index is 663. The molecule has 0 saturated carbocycles. The fourth-order valence-corrected chi connectivity index (χ4v) is 3.06. The molecule has 21 heavy (non-hydrogen) atoms. The summed E-state index contributed by atoms with van der Waals surface area (Å²) in [6.07, 6.45) is 0. The largest absolute Gasteiger partial charge is 0.361 e. The van der Waals surface area contributed by atoms with Gasteiger partial charge in [-0.3, -0.25) is 0 Å². The Morgan fingerprint density at radius 1 is 1.19 bits per heavy atom. The van der Waals surface area contributed by atoms with Gasteiger partial charge in [-0.05, 0) is 23.8 Å². The maximum atomic E-state index is 8.96. The first-order chi connectivity index (χ1) is 10.3. The first-order valence-electron chi connectivity index (χ1n) is 7.01. The van der Waals surface area contributed by atoms with Gasteiger partial charge in [-0.15, -0.1) is 0 Å². The van der Waals surface area contributed by atoms with Crippen LogP contribution in [0.4, 0.5) is 5.69 Å². The van der Waals surface area contributed by atoms with Crippen LogP contribution in [0.25, 0.3) is 0 Å². The minimum Gasteiger partial charge on any atom is -0.361 e. The van der Waals surface area contributed by atoms with E-state index in [0.717, 1.165) is 25.3 Å². The second-order valence-electron chi connectivity index (χ2n) is 5.10. The van der Waals surface area contributed by atoms with Gasteiger partial charge < -0.3 is 10.2 Å². The minimum absolute atomic E-state index is 0.255. The Morgan fingerprint density at radius 2 is 2.00 bits per heavy atom. The van der Waals surface area contributed by atoms with Crippen molar-refractivity contribution in [2.24, 2.45) is 0 Å². The van der Waals surface area contributed by atoms with E-state index in [1.165, 1.54) is 5.56 Å². The van der Waals surface area contributed by atoms with Crippen molar-refractivity contribution in [3.63, 3.8) is 0 Å². The summed E-state index contributed by atoms with van der Waals surface area (Å²) in [7, 11) is 0. The van der Waals surface area contributed by atoms with Crippen LogP contribution in [0.2, 0.25) is 5.02 Å². The molecule has 0 radical (unpaired) electrons. The average molecular weight is 298 g/mol. The zero-order valence-corrected chi connectivity index (χ0v) is 12.3. The number of nitrogens with one attached hydrogen (secondary N) is 1. The third-order valence-corrected chi connectivity index (χ3v) is 4.12. The molecule has 0 unspecified atom stereocenters. The number of anilines is 1. The minimum atomic E-state index is 0.255. The van der Waals surface area contributed by atoms with Crippen molar-refractivity contribution in [1.82, 2.24) is 5.32 Å². The van der Waals surface area contributed by atoms with Gasteiger partial charge in [0.05, 0.1) is 28.4 Å². The van der Waals surface area contributed by atoms with Gasteiger partial charge in [0.15, 0.2) is 0 Å². The molecule has 0 amide bonds. The summed E-state index contributed by atoms with van der Waals surface area (Å²) in [5, 5.41) is 13.0. The zero-order valence-electron chi connectivity index (χ0n) is 11.6. The molecule has 1 aliphatic rings. The number of hydrogen-bond donors (Lipinski definition) is 1. The third-order valence-electron chi connectivity index (χ3n) is 3.81. The maximum Gasteiger partial charge on any atom is 0.0992 e. The van der Waals surface area contributed by atoms with E-state index in [2.05, 4.69) is 40.6 Å². The molecular weight excluding hydrogens is 282 g/mol. The number of hydrogen-bond acceptors (Lipinski definition) is 3. The average Bonchev–Trinajstić information content (AvgIpc) is 2.55. The van der Waals surface area contributed by atoms with Gasteiger partial charge in [-0.2, -0.15) is 5.26 Å². The molecule has 1 fully saturated rings. The first-order valence-corrected chi connectivity index (χ1v) is 7.39. The molecule has 1 heterocycles. The lowest BCUT2D eigenvalue weighted by molar-refractivity contribution is 0.490. The summed E-state index contributed by atoms with van der Waals surface area (Å²) >= 11 is 6.38. The van der Waals surface area contributed by atoms with Crippen LogP contribution < -0.4 is 10.2 Å². The number of piperazine rings is 1. The lowest BCUT2D eigenvalue weighted by Crippen LogP contribution is -2.46. The van der Waals surface area contributed by atoms with E-state index in [9.17, 15) is 0 Å². The van der Waals surface area contributed by atoms with Gasteiger partial charge >= 0.3 is 0 Å². The van der Waals surface area contributed by atoms with E-state index in [0.29, 0.717) is 10.6 Å². The SMILES string of the molecule is N#Cc1ccc(N2CCNC[C@H]2c2ccccc2)c(Cl)c1. The molecule has 2 aromatic carbocycles. The summed E-state index contributed by atoms with van der Waals surface area (Å²) in [5.74, 6) is 0. The van der Waals surface area contributed by atoms with Crippen LogP contribution in [0.5, 0.6) is 0 Å². The second-order valence-corrected chi connectivity index (χ2v) is 5.51. The van der Waals surface area contributed by atoms with Crippen molar-refractivity contribution in [2.45, 2.75) is 6.04 Å². The predicted molar refractivity (Wildman–Crippen MR) is 85.6 cm³/mol. The monoisotopic (exact) mass is 297 g/mol. The molecule has 2 aromatic rings. The fourth-order valence-electron chi connectivity index (χ4n) is 2.78. The molecule has 4 heteroatoms. The van der Waals surface area contributed by atoms with E-state index < -0.39 is 0 Å². The van der Waals surface area contributed by atoms with E-state index in [-0.39, 0.29) is 6.04 Å². The highest BCUT2D eigenvalue weighted by atomic mass is 35.5. The normalized spacial score (nSPS) is 18.3. The molecule has 1 N–H and O–H groups in total. The Balaban J connectivity index is 1.97. The predicted octanol–water partition coefficient (Wildman–Crippen LogP) is 3.36. The fraction of sp³-hybridized carbons (Fsp3) is 0.235. The van der Waals surface area contributed by atoms with Crippen LogP contribution in [0, 0.1) is 11.3 Å². The van der Waals surface area contributed by atoms with Gasteiger partial charge in [0.1, 0.15) is 0 Å². The summed E-state index contributed by atoms with van der Waals surface area (Å²) in [4.78, 5) is 2.31. The maximum absolute atomic E-state index is 8.96. The van der Waals surface area contributed by atoms with Crippen LogP contribution in [0.15, 0.2) is 48.5 Å².